The summed E-state index contributed by atoms with van der Waals surface area (Å²) in [7, 11) is -4.04. The van der Waals surface area contributed by atoms with Gasteiger partial charge < -0.3 is 15.2 Å². The second-order valence-electron chi connectivity index (χ2n) is 9.21. The number of primary sulfonamides is 1. The van der Waals surface area contributed by atoms with Crippen molar-refractivity contribution in [3.8, 4) is 22.5 Å². The highest BCUT2D eigenvalue weighted by molar-refractivity contribution is 7.89. The minimum absolute atomic E-state index is 0.0481. The maximum Gasteiger partial charge on any atom is 0.250 e. The molecule has 4 aromatic rings. The van der Waals surface area contributed by atoms with E-state index in [9.17, 15) is 13.2 Å². The third kappa shape index (κ3) is 5.25. The number of aryl methyl sites for hydroxylation is 1. The molecule has 1 aliphatic carbocycles. The summed E-state index contributed by atoms with van der Waals surface area (Å²) in [6, 6.07) is 21.4. The van der Waals surface area contributed by atoms with E-state index in [1.807, 2.05) is 54.6 Å². The predicted molar refractivity (Wildman–Crippen MR) is 141 cm³/mol. The fourth-order valence-corrected chi connectivity index (χ4v) is 5.54. The van der Waals surface area contributed by atoms with Crippen molar-refractivity contribution in [2.24, 2.45) is 5.14 Å². The standard InChI is InChI=1S/C27H27N5O4S/c1-18-29-25(32-36-18)20-10-7-11-22(16-20)31-27(14-5-6-15-27)26(33)30-21-12-13-23(19-8-3-2-4-9-19)24(17-21)37(28,34)35/h2-4,7-13,16-17,31H,5-6,14-15H2,1H3,(H,30,33)(H2,28,34,35). The molecule has 9 nitrogen and oxygen atoms in total. The molecular formula is C27H27N5O4S. The highest BCUT2D eigenvalue weighted by Gasteiger charge is 2.41. The van der Waals surface area contributed by atoms with Gasteiger partial charge in [-0.15, -0.1) is 0 Å². The topological polar surface area (TPSA) is 140 Å². The molecule has 1 fully saturated rings. The summed E-state index contributed by atoms with van der Waals surface area (Å²) in [5.74, 6) is 0.705. The largest absolute Gasteiger partial charge is 0.371 e. The maximum absolute atomic E-state index is 13.6. The first kappa shape index (κ1) is 24.7. The second-order valence-corrected chi connectivity index (χ2v) is 10.7. The first-order valence-electron chi connectivity index (χ1n) is 12.0. The Morgan fingerprint density at radius 2 is 1.68 bits per heavy atom. The van der Waals surface area contributed by atoms with Crippen LogP contribution in [0.5, 0.6) is 0 Å². The van der Waals surface area contributed by atoms with Gasteiger partial charge in [-0.1, -0.05) is 66.5 Å². The van der Waals surface area contributed by atoms with E-state index in [0.717, 1.165) is 29.7 Å². The fraction of sp³-hybridized carbons (Fsp3) is 0.222. The van der Waals surface area contributed by atoms with Crippen molar-refractivity contribution < 1.29 is 17.7 Å². The van der Waals surface area contributed by atoms with Gasteiger partial charge in [-0.2, -0.15) is 4.98 Å². The zero-order chi connectivity index (χ0) is 26.0. The van der Waals surface area contributed by atoms with E-state index in [0.29, 0.717) is 35.8 Å². The molecule has 0 radical (unpaired) electrons. The van der Waals surface area contributed by atoms with Gasteiger partial charge in [0.15, 0.2) is 0 Å². The Balaban J connectivity index is 1.42. The zero-order valence-corrected chi connectivity index (χ0v) is 21.1. The molecule has 0 spiro atoms. The molecule has 1 saturated carbocycles. The number of carbonyl (C=O) groups excluding carboxylic acids is 1. The molecular weight excluding hydrogens is 490 g/mol. The Kier molecular flexibility index (Phi) is 6.53. The number of anilines is 2. The van der Waals surface area contributed by atoms with Crippen LogP contribution in [0.2, 0.25) is 0 Å². The first-order valence-corrected chi connectivity index (χ1v) is 13.5. The predicted octanol–water partition coefficient (Wildman–Crippen LogP) is 4.72. The number of rotatable bonds is 7. The summed E-state index contributed by atoms with van der Waals surface area (Å²) in [5, 5.41) is 15.9. The molecule has 1 amide bonds. The molecule has 0 aliphatic heterocycles. The molecule has 190 valence electrons. The lowest BCUT2D eigenvalue weighted by atomic mass is 9.95. The quantitative estimate of drug-likeness (QED) is 0.322. The number of hydrogen-bond donors (Lipinski definition) is 3. The number of nitrogens with two attached hydrogens (primary N) is 1. The van der Waals surface area contributed by atoms with Crippen LogP contribution < -0.4 is 15.8 Å². The molecule has 0 unspecified atom stereocenters. The van der Waals surface area contributed by atoms with E-state index in [2.05, 4.69) is 20.8 Å². The van der Waals surface area contributed by atoms with Crippen molar-refractivity contribution in [2.75, 3.05) is 10.6 Å². The minimum Gasteiger partial charge on any atom is -0.371 e. The van der Waals surface area contributed by atoms with E-state index in [-0.39, 0.29) is 10.8 Å². The number of nitrogens with one attached hydrogen (secondary N) is 2. The molecule has 4 N–H and O–H groups in total. The van der Waals surface area contributed by atoms with Gasteiger partial charge in [0.05, 0.1) is 4.90 Å². The lowest BCUT2D eigenvalue weighted by Crippen LogP contribution is -2.47. The molecule has 1 heterocycles. The molecule has 1 aliphatic rings. The number of nitrogens with zero attached hydrogens (tertiary/aromatic N) is 2. The van der Waals surface area contributed by atoms with Crippen LogP contribution in [0.4, 0.5) is 11.4 Å². The van der Waals surface area contributed by atoms with Gasteiger partial charge in [0.25, 0.3) is 0 Å². The molecule has 1 aromatic heterocycles. The first-order chi connectivity index (χ1) is 17.7. The Hall–Kier alpha value is -4.02. The number of benzene rings is 3. The van der Waals surface area contributed by atoms with Crippen LogP contribution in [-0.4, -0.2) is 30.0 Å². The van der Waals surface area contributed by atoms with Crippen LogP contribution in [0.15, 0.2) is 82.2 Å². The number of sulfonamides is 1. The van der Waals surface area contributed by atoms with E-state index in [1.165, 1.54) is 6.07 Å². The third-order valence-electron chi connectivity index (χ3n) is 6.55. The third-order valence-corrected chi connectivity index (χ3v) is 7.51. The molecule has 0 saturated heterocycles. The zero-order valence-electron chi connectivity index (χ0n) is 20.3. The van der Waals surface area contributed by atoms with Crippen molar-refractivity contribution in [3.63, 3.8) is 0 Å². The van der Waals surface area contributed by atoms with E-state index >= 15 is 0 Å². The van der Waals surface area contributed by atoms with Crippen LogP contribution in [0, 0.1) is 6.92 Å². The molecule has 0 atom stereocenters. The van der Waals surface area contributed by atoms with Crippen molar-refractivity contribution in [3.05, 3.63) is 78.7 Å². The van der Waals surface area contributed by atoms with Crippen molar-refractivity contribution in [1.82, 2.24) is 10.1 Å². The SMILES string of the molecule is Cc1nc(-c2cccc(NC3(C(=O)Nc4ccc(-c5ccccc5)c(S(N)(=O)=O)c4)CCCC3)c2)no1. The van der Waals surface area contributed by atoms with E-state index < -0.39 is 15.6 Å². The van der Waals surface area contributed by atoms with Crippen molar-refractivity contribution in [2.45, 2.75) is 43.0 Å². The average Bonchev–Trinajstić information content (AvgIpc) is 3.54. The van der Waals surface area contributed by atoms with Gasteiger partial charge in [-0.05, 0) is 42.7 Å². The van der Waals surface area contributed by atoms with Crippen LogP contribution in [0.3, 0.4) is 0 Å². The van der Waals surface area contributed by atoms with Gasteiger partial charge in [0.1, 0.15) is 5.54 Å². The lowest BCUT2D eigenvalue weighted by molar-refractivity contribution is -0.120. The minimum atomic E-state index is -4.04. The van der Waals surface area contributed by atoms with E-state index in [1.54, 1.807) is 19.1 Å². The number of amides is 1. The van der Waals surface area contributed by atoms with Crippen molar-refractivity contribution >= 4 is 27.3 Å². The normalized spacial score (nSPS) is 14.9. The van der Waals surface area contributed by atoms with Gasteiger partial charge in [-0.3, -0.25) is 4.79 Å². The molecule has 0 bridgehead atoms. The van der Waals surface area contributed by atoms with Gasteiger partial charge in [-0.25, -0.2) is 13.6 Å². The van der Waals surface area contributed by atoms with Gasteiger partial charge >= 0.3 is 0 Å². The second kappa shape index (κ2) is 9.79. The summed E-state index contributed by atoms with van der Waals surface area (Å²) in [5.41, 5.74) is 2.22. The highest BCUT2D eigenvalue weighted by atomic mass is 32.2. The highest BCUT2D eigenvalue weighted by Crippen LogP contribution is 2.36. The van der Waals surface area contributed by atoms with Crippen LogP contribution in [0.1, 0.15) is 31.6 Å². The summed E-state index contributed by atoms with van der Waals surface area (Å²) in [6.45, 7) is 1.73. The van der Waals surface area contributed by atoms with E-state index in [4.69, 9.17) is 9.66 Å². The molecule has 5 rings (SSSR count). The van der Waals surface area contributed by atoms with Crippen LogP contribution in [0.25, 0.3) is 22.5 Å². The summed E-state index contributed by atoms with van der Waals surface area (Å²) in [6.07, 6.45) is 3.04. The summed E-state index contributed by atoms with van der Waals surface area (Å²) in [4.78, 5) is 17.8. The lowest BCUT2D eigenvalue weighted by Gasteiger charge is -2.30. The Bertz CT molecular complexity index is 1540. The molecule has 3 aromatic carbocycles. The van der Waals surface area contributed by atoms with Gasteiger partial charge in [0.2, 0.25) is 27.6 Å². The Labute approximate surface area is 215 Å². The Morgan fingerprint density at radius 1 is 0.946 bits per heavy atom. The monoisotopic (exact) mass is 517 g/mol. The van der Waals surface area contributed by atoms with Gasteiger partial charge in [0, 0.05) is 29.4 Å². The average molecular weight is 518 g/mol. The van der Waals surface area contributed by atoms with Crippen LogP contribution in [-0.2, 0) is 14.8 Å². The maximum atomic E-state index is 13.6. The number of hydrogen-bond acceptors (Lipinski definition) is 7. The molecule has 37 heavy (non-hydrogen) atoms. The number of carbonyl (C=O) groups is 1. The van der Waals surface area contributed by atoms with Crippen molar-refractivity contribution in [1.29, 1.82) is 0 Å². The fourth-order valence-electron chi connectivity index (χ4n) is 4.76. The summed E-state index contributed by atoms with van der Waals surface area (Å²) < 4.78 is 29.9. The molecule has 10 heteroatoms. The number of aromatic nitrogens is 2. The Morgan fingerprint density at radius 3 is 2.35 bits per heavy atom. The smallest absolute Gasteiger partial charge is 0.250 e. The van der Waals surface area contributed by atoms with Crippen LogP contribution >= 0.6 is 0 Å². The summed E-state index contributed by atoms with van der Waals surface area (Å²) >= 11 is 0.